The van der Waals surface area contributed by atoms with E-state index in [9.17, 15) is 28.8 Å². The molecule has 6 atom stereocenters. The van der Waals surface area contributed by atoms with Crippen LogP contribution in [0, 0.1) is 0 Å². The highest BCUT2D eigenvalue weighted by molar-refractivity contribution is 7.66. The normalized spacial score (nSPS) is 28.5. The third kappa shape index (κ3) is 5.71. The summed E-state index contributed by atoms with van der Waals surface area (Å²) < 4.78 is 51.9. The van der Waals surface area contributed by atoms with Crippen molar-refractivity contribution in [3.63, 3.8) is 0 Å². The van der Waals surface area contributed by atoms with Crippen molar-refractivity contribution in [1.82, 2.24) is 19.5 Å². The van der Waals surface area contributed by atoms with E-state index in [1.807, 2.05) is 0 Å². The number of nitrogens with two attached hydrogens (primary N) is 1. The van der Waals surface area contributed by atoms with E-state index in [4.69, 9.17) is 25.2 Å². The fourth-order valence-corrected chi connectivity index (χ4v) is 5.65. The predicted octanol–water partition coefficient (Wildman–Crippen LogP) is -1.63. The summed E-state index contributed by atoms with van der Waals surface area (Å²) >= 11 is 0. The predicted molar refractivity (Wildman–Crippen MR) is 95.5 cm³/mol. The van der Waals surface area contributed by atoms with E-state index in [0.29, 0.717) is 0 Å². The lowest BCUT2D eigenvalue weighted by Gasteiger charge is -2.19. The molecule has 2 aromatic heterocycles. The number of ether oxygens (including phenoxy) is 1. The Bertz CT molecular complexity index is 1100. The molecular weight excluding hydrogens is 496 g/mol. The van der Waals surface area contributed by atoms with Crippen LogP contribution < -0.4 is 5.73 Å². The van der Waals surface area contributed by atoms with E-state index in [2.05, 4.69) is 28.1 Å². The largest absolute Gasteiger partial charge is 0.490 e. The number of aliphatic hydroxyl groups excluding tert-OH is 2. The second-order valence-electron chi connectivity index (χ2n) is 6.02. The monoisotopic (exact) mass is 512 g/mol. The van der Waals surface area contributed by atoms with Crippen LogP contribution in [-0.2, 0) is 31.6 Å². The van der Waals surface area contributed by atoms with Gasteiger partial charge >= 0.3 is 23.5 Å². The third-order valence-corrected chi connectivity index (χ3v) is 7.62. The SMILES string of the molecule is [15NH2]c1[15n]c[15n]c2c1[15n]c[15n]2[C@@H]1O[C@H](COP(=O)(O)OP(=O)(O)OP(=O)(O)O)[C@H](O)C1O. The summed E-state index contributed by atoms with van der Waals surface area (Å²) in [4.78, 5) is 47.2. The third-order valence-electron chi connectivity index (χ3n) is 3.82. The Hall–Kier alpha value is -1.36. The molecule has 1 fully saturated rings. The van der Waals surface area contributed by atoms with Crippen LogP contribution in [0.15, 0.2) is 12.7 Å². The van der Waals surface area contributed by atoms with Crippen LogP contribution in [0.2, 0.25) is 0 Å². The van der Waals surface area contributed by atoms with E-state index in [0.717, 1.165) is 6.33 Å². The van der Waals surface area contributed by atoms with Crippen LogP contribution in [0.25, 0.3) is 11.2 Å². The molecule has 8 N–H and O–H groups in total. The summed E-state index contributed by atoms with van der Waals surface area (Å²) in [6, 6.07) is 0. The molecule has 3 rings (SSSR count). The maximum Gasteiger partial charge on any atom is 0.490 e. The van der Waals surface area contributed by atoms with E-state index < -0.39 is 54.6 Å². The molecule has 1 aliphatic rings. The average Bonchev–Trinajstić information content (AvgIpc) is 3.13. The summed E-state index contributed by atoms with van der Waals surface area (Å²) in [5.74, 6) is 0.0426. The summed E-state index contributed by atoms with van der Waals surface area (Å²) in [6.45, 7) is -0.956. The highest BCUT2D eigenvalue weighted by Gasteiger charge is 2.47. The van der Waals surface area contributed by atoms with E-state index >= 15 is 0 Å². The first-order valence-electron chi connectivity index (χ1n) is 7.92. The molecule has 0 spiro atoms. The quantitative estimate of drug-likeness (QED) is 0.154. The van der Waals surface area contributed by atoms with Gasteiger partial charge in [0.2, 0.25) is 0 Å². The van der Waals surface area contributed by atoms with Gasteiger partial charge in [0.1, 0.15) is 30.2 Å². The van der Waals surface area contributed by atoms with Crippen molar-refractivity contribution in [3.05, 3.63) is 12.7 Å². The number of phosphoric ester groups is 1. The molecule has 0 saturated carbocycles. The Morgan fingerprint density at radius 1 is 1.03 bits per heavy atom. The van der Waals surface area contributed by atoms with Gasteiger partial charge in [-0.2, -0.15) is 8.62 Å². The minimum absolute atomic E-state index is 0.0426. The molecule has 21 heteroatoms. The highest BCUT2D eigenvalue weighted by Crippen LogP contribution is 2.66. The lowest BCUT2D eigenvalue weighted by Crippen LogP contribution is -2.33. The van der Waals surface area contributed by atoms with Crippen LogP contribution in [0.5, 0.6) is 0 Å². The molecule has 0 aliphatic carbocycles. The van der Waals surface area contributed by atoms with E-state index in [1.54, 1.807) is 0 Å². The number of nitrogens with zero attached hydrogens (tertiary/aromatic N) is 4. The van der Waals surface area contributed by atoms with Gasteiger partial charge in [0.25, 0.3) is 0 Å². The van der Waals surface area contributed by atoms with Gasteiger partial charge in [0.15, 0.2) is 17.7 Å². The summed E-state index contributed by atoms with van der Waals surface area (Å²) in [5, 5.41) is 20.4. The molecule has 1 saturated heterocycles. The molecule has 2 aromatic rings. The first kappa shape index (κ1) is 24.3. The first-order chi connectivity index (χ1) is 14.2. The van der Waals surface area contributed by atoms with E-state index in [1.165, 1.54) is 10.9 Å². The number of phosphoric acid groups is 3. The maximum absolute atomic E-state index is 11.8. The van der Waals surface area contributed by atoms with Crippen LogP contribution >= 0.6 is 23.5 Å². The van der Waals surface area contributed by atoms with Gasteiger partial charge < -0.3 is 40.3 Å². The minimum atomic E-state index is -5.70. The lowest BCUT2D eigenvalue weighted by atomic mass is 10.1. The zero-order chi connectivity index (χ0) is 23.2. The van der Waals surface area contributed by atoms with Crippen LogP contribution in [0.1, 0.15) is 6.23 Å². The van der Waals surface area contributed by atoms with Crippen molar-refractivity contribution in [3.8, 4) is 0 Å². The molecule has 1 aliphatic heterocycles. The fraction of sp³-hybridized carbons (Fsp3) is 0.500. The van der Waals surface area contributed by atoms with E-state index in [-0.39, 0.29) is 17.0 Å². The molecule has 18 nitrogen and oxygen atoms in total. The average molecular weight is 512 g/mol. The molecule has 0 amide bonds. The summed E-state index contributed by atoms with van der Waals surface area (Å²) in [5.41, 5.74) is 6.00. The zero-order valence-corrected chi connectivity index (χ0v) is 17.6. The number of anilines is 1. The van der Waals surface area contributed by atoms with Crippen molar-refractivity contribution in [2.24, 2.45) is 0 Å². The number of fused-ring (bicyclic) bond motifs is 1. The Kier molecular flexibility index (Phi) is 6.68. The summed E-state index contributed by atoms with van der Waals surface area (Å²) in [6.07, 6.45) is -3.69. The standard InChI is InChI=1S/C10H16N5O13P3/c11-8-5-9(13-2-12-8)15(3-14-5)10-7(17)6(16)4(26-10)1-25-30(21,22)28-31(23,24)27-29(18,19)20/h2-4,6-7,10,16-17H,1H2,(H,21,22)(H,23,24)(H2,11,12,13)(H2,18,19,20)/t4-,6+,7?,10-/m1/s1/i11+1,12+1,13+1,14+1,15+1. The Labute approximate surface area is 171 Å². The zero-order valence-electron chi connectivity index (χ0n) is 14.9. The molecule has 174 valence electrons. The maximum atomic E-state index is 11.8. The smallest absolute Gasteiger partial charge is 0.387 e. The molecule has 3 unspecified atom stereocenters. The number of nitrogen functional groups attached to an aromatic ring is 1. The molecule has 31 heavy (non-hydrogen) atoms. The van der Waals surface area contributed by atoms with Crippen LogP contribution in [-0.4, -0.2) is 74.2 Å². The molecule has 0 radical (unpaired) electrons. The Morgan fingerprint density at radius 3 is 2.35 bits per heavy atom. The Balaban J connectivity index is 1.69. The van der Waals surface area contributed by atoms with Crippen LogP contribution in [0.3, 0.4) is 0 Å². The van der Waals surface area contributed by atoms with Crippen molar-refractivity contribution in [1.29, 1.82) is 0 Å². The highest BCUT2D eigenvalue weighted by atomic mass is 31.3. The second-order valence-corrected chi connectivity index (χ2v) is 10.4. The topological polar surface area (TPSA) is 279 Å². The van der Waals surface area contributed by atoms with Gasteiger partial charge in [0, 0.05) is 0 Å². The second kappa shape index (κ2) is 8.53. The van der Waals surface area contributed by atoms with Gasteiger partial charge in [0.05, 0.1) is 12.9 Å². The fourth-order valence-electron chi connectivity index (χ4n) is 2.62. The molecule has 0 aromatic carbocycles. The van der Waals surface area contributed by atoms with Crippen molar-refractivity contribution < 1.29 is 61.4 Å². The number of aliphatic hydroxyl groups is 2. The molecule has 3 heterocycles. The Morgan fingerprint density at radius 2 is 1.71 bits per heavy atom. The van der Waals surface area contributed by atoms with Crippen molar-refractivity contribution >= 4 is 40.4 Å². The minimum Gasteiger partial charge on any atom is -0.387 e. The summed E-state index contributed by atoms with van der Waals surface area (Å²) in [7, 11) is -16.7. The number of aromatic nitrogens is 4. The lowest BCUT2D eigenvalue weighted by molar-refractivity contribution is -0.0503. The number of imidazole rings is 1. The van der Waals surface area contributed by atoms with Gasteiger partial charge in [-0.25, -0.2) is 28.6 Å². The number of hydrogen-bond acceptors (Lipinski definition) is 13. The van der Waals surface area contributed by atoms with Gasteiger partial charge in [-0.05, 0) is 0 Å². The van der Waals surface area contributed by atoms with Gasteiger partial charge in [-0.3, -0.25) is 9.09 Å². The van der Waals surface area contributed by atoms with Crippen LogP contribution in [0.4, 0.5) is 5.82 Å². The molecular formula is C10H16N5O13P3. The van der Waals surface area contributed by atoms with Crippen molar-refractivity contribution in [2.45, 2.75) is 24.5 Å². The first-order valence-corrected chi connectivity index (χ1v) is 12.4. The van der Waals surface area contributed by atoms with Gasteiger partial charge in [-0.1, -0.05) is 0 Å². The van der Waals surface area contributed by atoms with Gasteiger partial charge in [-0.15, -0.1) is 0 Å². The molecule has 0 bridgehead atoms. The number of hydrogen-bond donors (Lipinski definition) is 7. The number of rotatable bonds is 8. The van der Waals surface area contributed by atoms with Crippen molar-refractivity contribution in [2.75, 3.05) is 12.3 Å².